The van der Waals surface area contributed by atoms with E-state index in [1.165, 1.54) is 11.1 Å². The number of rotatable bonds is 5. The quantitative estimate of drug-likeness (QED) is 0.861. The maximum absolute atomic E-state index is 12.7. The lowest BCUT2D eigenvalue weighted by Gasteiger charge is -2.35. The monoisotopic (exact) mass is 352 g/mol. The van der Waals surface area contributed by atoms with Crippen molar-refractivity contribution in [2.24, 2.45) is 0 Å². The van der Waals surface area contributed by atoms with Crippen molar-refractivity contribution < 1.29 is 9.90 Å². The first-order chi connectivity index (χ1) is 12.7. The molecule has 2 unspecified atom stereocenters. The minimum atomic E-state index is -0.418. The van der Waals surface area contributed by atoms with Crippen molar-refractivity contribution in [2.75, 3.05) is 13.6 Å². The fourth-order valence-corrected chi connectivity index (χ4v) is 3.81. The van der Waals surface area contributed by atoms with E-state index in [0.29, 0.717) is 6.54 Å². The van der Waals surface area contributed by atoms with Crippen molar-refractivity contribution in [3.63, 3.8) is 0 Å². The molecular formula is C22H28N2O2. The Balaban J connectivity index is 1.68. The second kappa shape index (κ2) is 8.86. The maximum Gasteiger partial charge on any atom is 0.317 e. The van der Waals surface area contributed by atoms with Crippen molar-refractivity contribution in [1.29, 1.82) is 0 Å². The number of nitrogens with one attached hydrogen (secondary N) is 1. The van der Waals surface area contributed by atoms with Gasteiger partial charge in [0.15, 0.2) is 0 Å². The third-order valence-corrected chi connectivity index (χ3v) is 5.37. The van der Waals surface area contributed by atoms with E-state index in [0.717, 1.165) is 25.7 Å². The molecule has 4 nitrogen and oxygen atoms in total. The van der Waals surface area contributed by atoms with E-state index < -0.39 is 6.10 Å². The van der Waals surface area contributed by atoms with E-state index in [4.69, 9.17) is 0 Å². The van der Waals surface area contributed by atoms with Gasteiger partial charge in [0, 0.05) is 19.5 Å². The van der Waals surface area contributed by atoms with Gasteiger partial charge in [-0.05, 0) is 24.0 Å². The van der Waals surface area contributed by atoms with Gasteiger partial charge >= 0.3 is 6.03 Å². The highest BCUT2D eigenvalue weighted by Crippen LogP contribution is 2.25. The molecule has 0 saturated heterocycles. The third-order valence-electron chi connectivity index (χ3n) is 5.37. The summed E-state index contributed by atoms with van der Waals surface area (Å²) in [6.45, 7) is 0.528. The smallest absolute Gasteiger partial charge is 0.317 e. The van der Waals surface area contributed by atoms with Crippen LogP contribution in [0.5, 0.6) is 0 Å². The zero-order chi connectivity index (χ0) is 18.4. The fourth-order valence-electron chi connectivity index (χ4n) is 3.81. The molecule has 0 radical (unpaired) electrons. The number of nitrogens with zero attached hydrogens (tertiary/aromatic N) is 1. The molecule has 2 aromatic carbocycles. The number of hydrogen-bond acceptors (Lipinski definition) is 2. The number of aliphatic hydroxyl groups excluding tert-OH is 1. The van der Waals surface area contributed by atoms with Gasteiger partial charge in [0.2, 0.25) is 0 Å². The van der Waals surface area contributed by atoms with Gasteiger partial charge in [-0.15, -0.1) is 0 Å². The van der Waals surface area contributed by atoms with E-state index in [-0.39, 0.29) is 18.0 Å². The molecule has 138 valence electrons. The van der Waals surface area contributed by atoms with Gasteiger partial charge in [-0.25, -0.2) is 4.79 Å². The topological polar surface area (TPSA) is 52.6 Å². The van der Waals surface area contributed by atoms with Crippen molar-refractivity contribution in [2.45, 2.75) is 43.7 Å². The van der Waals surface area contributed by atoms with E-state index in [2.05, 4.69) is 29.6 Å². The van der Waals surface area contributed by atoms with Crippen LogP contribution in [0.3, 0.4) is 0 Å². The van der Waals surface area contributed by atoms with Gasteiger partial charge in [-0.2, -0.15) is 0 Å². The molecule has 1 saturated carbocycles. The normalized spacial score (nSPS) is 20.0. The number of aliphatic hydroxyl groups is 1. The number of amides is 2. The number of urea groups is 1. The molecule has 2 amide bonds. The minimum absolute atomic E-state index is 0.0874. The van der Waals surface area contributed by atoms with Crippen LogP contribution in [0.4, 0.5) is 4.79 Å². The van der Waals surface area contributed by atoms with E-state index in [9.17, 15) is 9.90 Å². The van der Waals surface area contributed by atoms with Crippen LogP contribution in [-0.2, 0) is 0 Å². The van der Waals surface area contributed by atoms with Crippen molar-refractivity contribution in [1.82, 2.24) is 10.2 Å². The molecule has 4 heteroatoms. The van der Waals surface area contributed by atoms with Crippen LogP contribution in [-0.4, -0.2) is 41.8 Å². The van der Waals surface area contributed by atoms with Gasteiger partial charge in [-0.1, -0.05) is 73.5 Å². The molecule has 2 aromatic rings. The van der Waals surface area contributed by atoms with Crippen LogP contribution in [0.15, 0.2) is 60.7 Å². The van der Waals surface area contributed by atoms with Crippen LogP contribution < -0.4 is 5.32 Å². The van der Waals surface area contributed by atoms with Crippen molar-refractivity contribution in [3.8, 4) is 0 Å². The second-order valence-electron chi connectivity index (χ2n) is 7.09. The average molecular weight is 352 g/mol. The van der Waals surface area contributed by atoms with Crippen LogP contribution in [0.2, 0.25) is 0 Å². The first kappa shape index (κ1) is 18.5. The molecule has 0 spiro atoms. The van der Waals surface area contributed by atoms with Gasteiger partial charge in [0.25, 0.3) is 0 Å². The Morgan fingerprint density at radius 3 is 2.12 bits per heavy atom. The summed E-state index contributed by atoms with van der Waals surface area (Å²) < 4.78 is 0. The number of benzene rings is 2. The highest BCUT2D eigenvalue weighted by atomic mass is 16.3. The lowest BCUT2D eigenvalue weighted by Crippen LogP contribution is -2.50. The summed E-state index contributed by atoms with van der Waals surface area (Å²) in [5.74, 6) is 0.103. The highest BCUT2D eigenvalue weighted by molar-refractivity contribution is 5.74. The molecule has 26 heavy (non-hydrogen) atoms. The summed E-state index contributed by atoms with van der Waals surface area (Å²) >= 11 is 0. The van der Waals surface area contributed by atoms with Crippen LogP contribution in [0.25, 0.3) is 0 Å². The molecule has 1 aliphatic carbocycles. The zero-order valence-electron chi connectivity index (χ0n) is 15.3. The highest BCUT2D eigenvalue weighted by Gasteiger charge is 2.29. The summed E-state index contributed by atoms with van der Waals surface area (Å²) in [6.07, 6.45) is 3.33. The molecule has 0 aliphatic heterocycles. The summed E-state index contributed by atoms with van der Waals surface area (Å²) in [5.41, 5.74) is 2.36. The predicted molar refractivity (Wildman–Crippen MR) is 104 cm³/mol. The molecule has 2 N–H and O–H groups in total. The molecule has 3 rings (SSSR count). The number of likely N-dealkylation sites (N-methyl/N-ethyl adjacent to an activating group) is 1. The predicted octanol–water partition coefficient (Wildman–Crippen LogP) is 3.76. The zero-order valence-corrected chi connectivity index (χ0v) is 15.3. The Hall–Kier alpha value is -2.33. The third kappa shape index (κ3) is 4.44. The molecule has 0 aromatic heterocycles. The molecule has 2 atom stereocenters. The summed E-state index contributed by atoms with van der Waals surface area (Å²) in [6, 6.07) is 20.3. The Kier molecular flexibility index (Phi) is 6.29. The van der Waals surface area contributed by atoms with Crippen molar-refractivity contribution >= 4 is 6.03 Å². The Bertz CT molecular complexity index is 650. The van der Waals surface area contributed by atoms with Gasteiger partial charge < -0.3 is 15.3 Å². The molecule has 0 bridgehead atoms. The maximum atomic E-state index is 12.7. The number of hydrogen-bond donors (Lipinski definition) is 2. The minimum Gasteiger partial charge on any atom is -0.391 e. The number of carbonyl (C=O) groups is 1. The van der Waals surface area contributed by atoms with E-state index in [1.54, 1.807) is 11.9 Å². The van der Waals surface area contributed by atoms with Crippen LogP contribution in [0, 0.1) is 0 Å². The summed E-state index contributed by atoms with van der Waals surface area (Å²) in [7, 11) is 1.79. The lowest BCUT2D eigenvalue weighted by atomic mass is 9.91. The molecule has 1 fully saturated rings. The standard InChI is InChI=1S/C22H28N2O2/c1-24(20-14-8-9-15-21(20)25)22(26)23-16-19(17-10-4-2-5-11-17)18-12-6-3-7-13-18/h2-7,10-13,19-21,25H,8-9,14-16H2,1H3,(H,23,26). The van der Waals surface area contributed by atoms with Crippen molar-refractivity contribution in [3.05, 3.63) is 71.8 Å². The second-order valence-corrected chi connectivity index (χ2v) is 7.09. The first-order valence-electron chi connectivity index (χ1n) is 9.45. The molecule has 0 heterocycles. The van der Waals surface area contributed by atoms with E-state index >= 15 is 0 Å². The Morgan fingerprint density at radius 2 is 1.58 bits per heavy atom. The first-order valence-corrected chi connectivity index (χ1v) is 9.45. The average Bonchev–Trinajstić information content (AvgIpc) is 2.69. The fraction of sp³-hybridized carbons (Fsp3) is 0.409. The lowest BCUT2D eigenvalue weighted by molar-refractivity contribution is 0.0465. The summed E-state index contributed by atoms with van der Waals surface area (Å²) in [5, 5.41) is 13.3. The van der Waals surface area contributed by atoms with Crippen LogP contribution >= 0.6 is 0 Å². The number of carbonyl (C=O) groups excluding carboxylic acids is 1. The van der Waals surface area contributed by atoms with Gasteiger partial charge in [0.1, 0.15) is 0 Å². The molecule has 1 aliphatic rings. The Labute approximate surface area is 155 Å². The van der Waals surface area contributed by atoms with E-state index in [1.807, 2.05) is 36.4 Å². The van der Waals surface area contributed by atoms with Crippen LogP contribution in [0.1, 0.15) is 42.7 Å². The Morgan fingerprint density at radius 1 is 1.04 bits per heavy atom. The summed E-state index contributed by atoms with van der Waals surface area (Å²) in [4.78, 5) is 14.3. The van der Waals surface area contributed by atoms with Gasteiger partial charge in [-0.3, -0.25) is 0 Å². The largest absolute Gasteiger partial charge is 0.391 e. The molecular weight excluding hydrogens is 324 g/mol. The SMILES string of the molecule is CN(C(=O)NCC(c1ccccc1)c1ccccc1)C1CCCCC1O. The van der Waals surface area contributed by atoms with Gasteiger partial charge in [0.05, 0.1) is 12.1 Å².